The van der Waals surface area contributed by atoms with E-state index in [0.29, 0.717) is 5.69 Å². The van der Waals surface area contributed by atoms with Crippen molar-refractivity contribution in [3.63, 3.8) is 0 Å². The Balaban J connectivity index is 0.00000176. The molecule has 6 heteroatoms. The summed E-state index contributed by atoms with van der Waals surface area (Å²) in [7, 11) is 0. The molecule has 112 valence electrons. The molecule has 0 saturated carbocycles. The molecule has 0 spiro atoms. The molecule has 0 amide bonds. The highest BCUT2D eigenvalue weighted by Gasteiger charge is 2.07. The lowest BCUT2D eigenvalue weighted by molar-refractivity contribution is 0.920. The average molecular weight is 334 g/mol. The fourth-order valence-electron chi connectivity index (χ4n) is 2.10. The first-order chi connectivity index (χ1) is 10.1. The number of aromatic nitrogens is 2. The molecule has 2 aromatic carbocycles. The van der Waals surface area contributed by atoms with Gasteiger partial charge in [0.2, 0.25) is 0 Å². The Labute approximate surface area is 138 Å². The maximum absolute atomic E-state index is 12.0. The molecule has 1 heterocycles. The van der Waals surface area contributed by atoms with E-state index in [0.717, 1.165) is 11.1 Å². The van der Waals surface area contributed by atoms with Crippen molar-refractivity contribution in [1.82, 2.24) is 9.55 Å². The minimum Gasteiger partial charge on any atom is -0.382 e. The Morgan fingerprint density at radius 2 is 1.68 bits per heavy atom. The van der Waals surface area contributed by atoms with Gasteiger partial charge in [0.1, 0.15) is 5.82 Å². The first-order valence-electron chi connectivity index (χ1n) is 6.36. The van der Waals surface area contributed by atoms with Gasteiger partial charge in [-0.2, -0.15) is 4.98 Å². The summed E-state index contributed by atoms with van der Waals surface area (Å²) in [6, 6.07) is 17.5. The number of hydrogen-bond acceptors (Lipinski definition) is 3. The smallest absolute Gasteiger partial charge is 0.354 e. The molecule has 0 saturated heterocycles. The van der Waals surface area contributed by atoms with Gasteiger partial charge in [0.05, 0.1) is 10.7 Å². The molecule has 0 unspecified atom stereocenters. The number of benzene rings is 2. The number of nitrogen functional groups attached to an aromatic ring is 1. The number of rotatable bonds is 2. The highest BCUT2D eigenvalue weighted by Crippen LogP contribution is 2.22. The number of nitrogens with zero attached hydrogens (tertiary/aromatic N) is 2. The Morgan fingerprint density at radius 1 is 1.00 bits per heavy atom. The second-order valence-corrected chi connectivity index (χ2v) is 4.95. The normalized spacial score (nSPS) is 10.0. The van der Waals surface area contributed by atoms with E-state index >= 15 is 0 Å². The monoisotopic (exact) mass is 333 g/mol. The molecule has 1 aromatic heterocycles. The van der Waals surface area contributed by atoms with Gasteiger partial charge in [0.15, 0.2) is 0 Å². The quantitative estimate of drug-likeness (QED) is 0.779. The van der Waals surface area contributed by atoms with Crippen LogP contribution in [-0.2, 0) is 0 Å². The zero-order valence-corrected chi connectivity index (χ0v) is 13.0. The summed E-state index contributed by atoms with van der Waals surface area (Å²) in [6.07, 6.45) is 1.48. The Morgan fingerprint density at radius 3 is 2.41 bits per heavy atom. The third-order valence-electron chi connectivity index (χ3n) is 3.14. The third-order valence-corrected chi connectivity index (χ3v) is 3.43. The Bertz CT molecular complexity index is 848. The first kappa shape index (κ1) is 16.1. The van der Waals surface area contributed by atoms with Gasteiger partial charge in [-0.05, 0) is 23.3 Å². The fraction of sp³-hybridized carbons (Fsp3) is 0. The van der Waals surface area contributed by atoms with Crippen molar-refractivity contribution in [2.75, 3.05) is 5.73 Å². The van der Waals surface area contributed by atoms with Crippen LogP contribution >= 0.6 is 24.0 Å². The zero-order chi connectivity index (χ0) is 14.8. The van der Waals surface area contributed by atoms with Crippen LogP contribution < -0.4 is 11.4 Å². The SMILES string of the molecule is Cl.Nc1nc(=O)n(-c2cccc(-c3ccccc3)c2)cc1Cl. The van der Waals surface area contributed by atoms with Crippen molar-refractivity contribution in [1.29, 1.82) is 0 Å². The summed E-state index contributed by atoms with van der Waals surface area (Å²) in [5, 5.41) is 0.250. The van der Waals surface area contributed by atoms with Crippen LogP contribution in [0.3, 0.4) is 0 Å². The molecule has 22 heavy (non-hydrogen) atoms. The van der Waals surface area contributed by atoms with Gasteiger partial charge in [-0.1, -0.05) is 54.1 Å². The number of nitrogens with two attached hydrogens (primary N) is 1. The maximum atomic E-state index is 12.0. The molecule has 0 aliphatic rings. The first-order valence-corrected chi connectivity index (χ1v) is 6.73. The van der Waals surface area contributed by atoms with Crippen molar-refractivity contribution < 1.29 is 0 Å². The third kappa shape index (κ3) is 3.13. The molecule has 0 fully saturated rings. The summed E-state index contributed by atoms with van der Waals surface area (Å²) >= 11 is 5.95. The van der Waals surface area contributed by atoms with E-state index in [9.17, 15) is 4.79 Å². The predicted octanol–water partition coefficient (Wildman–Crippen LogP) is 3.56. The summed E-state index contributed by atoms with van der Waals surface area (Å²) < 4.78 is 1.38. The molecule has 3 rings (SSSR count). The number of anilines is 1. The summed E-state index contributed by atoms with van der Waals surface area (Å²) in [5.74, 6) is 0.0390. The van der Waals surface area contributed by atoms with Crippen molar-refractivity contribution in [2.24, 2.45) is 0 Å². The molecule has 0 aliphatic carbocycles. The average Bonchev–Trinajstić information content (AvgIpc) is 2.52. The predicted molar refractivity (Wildman–Crippen MR) is 91.9 cm³/mol. The molecule has 2 N–H and O–H groups in total. The van der Waals surface area contributed by atoms with Crippen molar-refractivity contribution in [3.05, 3.63) is 76.3 Å². The van der Waals surface area contributed by atoms with E-state index in [4.69, 9.17) is 17.3 Å². The van der Waals surface area contributed by atoms with Crippen LogP contribution in [0, 0.1) is 0 Å². The minimum atomic E-state index is -0.456. The molecule has 3 aromatic rings. The lowest BCUT2D eigenvalue weighted by atomic mass is 10.1. The molecular weight excluding hydrogens is 321 g/mol. The largest absolute Gasteiger partial charge is 0.382 e. The van der Waals surface area contributed by atoms with Gasteiger partial charge in [-0.25, -0.2) is 4.79 Å². The van der Waals surface area contributed by atoms with Gasteiger partial charge >= 0.3 is 5.69 Å². The Kier molecular flexibility index (Phi) is 4.85. The van der Waals surface area contributed by atoms with E-state index in [1.807, 2.05) is 54.6 Å². The topological polar surface area (TPSA) is 60.9 Å². The van der Waals surface area contributed by atoms with E-state index in [1.54, 1.807) is 0 Å². The van der Waals surface area contributed by atoms with E-state index in [2.05, 4.69) is 4.98 Å². The zero-order valence-electron chi connectivity index (χ0n) is 11.4. The fourth-order valence-corrected chi connectivity index (χ4v) is 2.24. The van der Waals surface area contributed by atoms with Gasteiger partial charge in [0, 0.05) is 6.20 Å². The number of hydrogen-bond donors (Lipinski definition) is 1. The second kappa shape index (κ2) is 6.64. The van der Waals surface area contributed by atoms with Crippen LogP contribution in [0.15, 0.2) is 65.6 Å². The molecule has 0 aliphatic heterocycles. The van der Waals surface area contributed by atoms with Crippen LogP contribution in [0.25, 0.3) is 16.8 Å². The second-order valence-electron chi connectivity index (χ2n) is 4.54. The van der Waals surface area contributed by atoms with Crippen molar-refractivity contribution >= 4 is 29.8 Å². The highest BCUT2D eigenvalue weighted by atomic mass is 35.5. The Hall–Kier alpha value is -2.30. The lowest BCUT2D eigenvalue weighted by Gasteiger charge is -2.09. The van der Waals surface area contributed by atoms with Crippen molar-refractivity contribution in [3.8, 4) is 16.8 Å². The molecular formula is C16H13Cl2N3O. The summed E-state index contributed by atoms with van der Waals surface area (Å²) in [4.78, 5) is 15.7. The van der Waals surface area contributed by atoms with E-state index < -0.39 is 5.69 Å². The summed E-state index contributed by atoms with van der Waals surface area (Å²) in [6.45, 7) is 0. The molecule has 4 nitrogen and oxygen atoms in total. The molecule has 0 atom stereocenters. The molecule has 0 radical (unpaired) electrons. The minimum absolute atomic E-state index is 0. The lowest BCUT2D eigenvalue weighted by Crippen LogP contribution is -2.22. The van der Waals surface area contributed by atoms with Gasteiger partial charge < -0.3 is 5.73 Å². The van der Waals surface area contributed by atoms with Crippen LogP contribution in [0.4, 0.5) is 5.82 Å². The van der Waals surface area contributed by atoms with Crippen LogP contribution in [0.1, 0.15) is 0 Å². The van der Waals surface area contributed by atoms with Gasteiger partial charge in [0.25, 0.3) is 0 Å². The number of halogens is 2. The van der Waals surface area contributed by atoms with Gasteiger partial charge in [-0.15, -0.1) is 12.4 Å². The molecule has 0 bridgehead atoms. The standard InChI is InChI=1S/C16H12ClN3O.ClH/c17-14-10-20(16(21)19-15(14)18)13-8-4-7-12(9-13)11-5-2-1-3-6-11;/h1-10H,(H2,18,19,21);1H. The van der Waals surface area contributed by atoms with E-state index in [-0.39, 0.29) is 23.2 Å². The van der Waals surface area contributed by atoms with E-state index in [1.165, 1.54) is 10.8 Å². The summed E-state index contributed by atoms with van der Waals surface area (Å²) in [5.41, 5.74) is 7.84. The van der Waals surface area contributed by atoms with Crippen molar-refractivity contribution in [2.45, 2.75) is 0 Å². The maximum Gasteiger partial charge on any atom is 0.354 e. The highest BCUT2D eigenvalue weighted by molar-refractivity contribution is 6.32. The van der Waals surface area contributed by atoms with Crippen LogP contribution in [-0.4, -0.2) is 9.55 Å². The van der Waals surface area contributed by atoms with Crippen LogP contribution in [0.2, 0.25) is 5.02 Å². The van der Waals surface area contributed by atoms with Gasteiger partial charge in [-0.3, -0.25) is 4.57 Å². The van der Waals surface area contributed by atoms with Crippen LogP contribution in [0.5, 0.6) is 0 Å².